The summed E-state index contributed by atoms with van der Waals surface area (Å²) in [7, 11) is 0. The van der Waals surface area contributed by atoms with Crippen LogP contribution >= 0.6 is 15.9 Å². The summed E-state index contributed by atoms with van der Waals surface area (Å²) in [5.74, 6) is 0.861. The molecule has 0 fully saturated rings. The number of carbonyl (C=O) groups is 1. The zero-order valence-corrected chi connectivity index (χ0v) is 8.72. The first-order valence-electron chi connectivity index (χ1n) is 3.87. The topological polar surface area (TPSA) is 30.2 Å². The number of furan rings is 1. The first kappa shape index (κ1) is 9.52. The number of ketones is 1. The lowest BCUT2D eigenvalue weighted by Crippen LogP contribution is -2.02. The van der Waals surface area contributed by atoms with Gasteiger partial charge in [0.15, 0.2) is 11.5 Å². The molecular weight excluding hydrogens is 220 g/mol. The van der Waals surface area contributed by atoms with Crippen molar-refractivity contribution in [1.29, 1.82) is 0 Å². The van der Waals surface area contributed by atoms with Crippen LogP contribution in [-0.4, -0.2) is 5.78 Å². The standard InChI is InChI=1S/C9H11BrO2/c1-6(2)5-8(11)9-7(10)3-4-12-9/h3-4,6H,5H2,1-2H3. The normalized spacial score (nSPS) is 10.7. The van der Waals surface area contributed by atoms with Crippen molar-refractivity contribution in [1.82, 2.24) is 0 Å². The Morgan fingerprint density at radius 1 is 1.67 bits per heavy atom. The SMILES string of the molecule is CC(C)CC(=O)c1occc1Br. The van der Waals surface area contributed by atoms with Gasteiger partial charge >= 0.3 is 0 Å². The Bertz CT molecular complexity index is 276. The molecule has 1 heterocycles. The third-order valence-corrected chi connectivity index (χ3v) is 2.09. The molecule has 0 bridgehead atoms. The molecule has 0 unspecified atom stereocenters. The Morgan fingerprint density at radius 2 is 2.33 bits per heavy atom. The number of rotatable bonds is 3. The molecule has 0 aliphatic heterocycles. The highest BCUT2D eigenvalue weighted by molar-refractivity contribution is 9.10. The number of carbonyl (C=O) groups excluding carboxylic acids is 1. The Balaban J connectivity index is 2.72. The van der Waals surface area contributed by atoms with E-state index in [0.717, 1.165) is 4.47 Å². The van der Waals surface area contributed by atoms with Crippen molar-refractivity contribution >= 4 is 21.7 Å². The van der Waals surface area contributed by atoms with E-state index in [4.69, 9.17) is 4.42 Å². The number of Topliss-reactive ketones (excluding diaryl/α,β-unsaturated/α-hetero) is 1. The van der Waals surface area contributed by atoms with Crippen molar-refractivity contribution in [2.45, 2.75) is 20.3 Å². The average molecular weight is 231 g/mol. The van der Waals surface area contributed by atoms with Crippen LogP contribution in [0.15, 0.2) is 21.2 Å². The summed E-state index contributed by atoms with van der Waals surface area (Å²) in [4.78, 5) is 11.4. The van der Waals surface area contributed by atoms with Crippen molar-refractivity contribution in [3.05, 3.63) is 22.6 Å². The lowest BCUT2D eigenvalue weighted by atomic mass is 10.1. The molecule has 2 nitrogen and oxygen atoms in total. The van der Waals surface area contributed by atoms with Gasteiger partial charge in [0.05, 0.1) is 10.7 Å². The highest BCUT2D eigenvalue weighted by Crippen LogP contribution is 2.20. The number of halogens is 1. The Morgan fingerprint density at radius 3 is 2.75 bits per heavy atom. The van der Waals surface area contributed by atoms with Crippen LogP contribution in [0.2, 0.25) is 0 Å². The molecule has 1 rings (SSSR count). The summed E-state index contributed by atoms with van der Waals surface area (Å²) < 4.78 is 5.77. The molecular formula is C9H11BrO2. The molecule has 0 atom stereocenters. The lowest BCUT2D eigenvalue weighted by Gasteiger charge is -2.00. The van der Waals surface area contributed by atoms with Gasteiger partial charge in [-0.05, 0) is 27.9 Å². The minimum absolute atomic E-state index is 0.0573. The molecule has 3 heteroatoms. The minimum atomic E-state index is 0.0573. The van der Waals surface area contributed by atoms with Crippen LogP contribution in [0.25, 0.3) is 0 Å². The van der Waals surface area contributed by atoms with E-state index in [-0.39, 0.29) is 5.78 Å². The van der Waals surface area contributed by atoms with Crippen molar-refractivity contribution in [3.8, 4) is 0 Å². The smallest absolute Gasteiger partial charge is 0.199 e. The molecule has 0 N–H and O–H groups in total. The fraction of sp³-hybridized carbons (Fsp3) is 0.444. The first-order valence-corrected chi connectivity index (χ1v) is 4.66. The lowest BCUT2D eigenvalue weighted by molar-refractivity contribution is 0.0939. The quantitative estimate of drug-likeness (QED) is 0.747. The fourth-order valence-corrected chi connectivity index (χ4v) is 1.38. The average Bonchev–Trinajstić information content (AvgIpc) is 2.33. The molecule has 1 aromatic heterocycles. The summed E-state index contributed by atoms with van der Waals surface area (Å²) in [5.41, 5.74) is 0. The van der Waals surface area contributed by atoms with Crippen LogP contribution in [0.4, 0.5) is 0 Å². The monoisotopic (exact) mass is 230 g/mol. The summed E-state index contributed by atoms with van der Waals surface area (Å²) in [6.45, 7) is 4.02. The molecule has 0 saturated heterocycles. The van der Waals surface area contributed by atoms with Crippen molar-refractivity contribution in [2.75, 3.05) is 0 Å². The van der Waals surface area contributed by atoms with Gasteiger partial charge in [-0.25, -0.2) is 0 Å². The highest BCUT2D eigenvalue weighted by Gasteiger charge is 2.14. The molecule has 1 aromatic rings. The van der Waals surface area contributed by atoms with Gasteiger partial charge in [0.2, 0.25) is 0 Å². The number of hydrogen-bond donors (Lipinski definition) is 0. The van der Waals surface area contributed by atoms with Crippen molar-refractivity contribution in [3.63, 3.8) is 0 Å². The largest absolute Gasteiger partial charge is 0.460 e. The Labute approximate surface area is 80.1 Å². The highest BCUT2D eigenvalue weighted by atomic mass is 79.9. The molecule has 0 aromatic carbocycles. The van der Waals surface area contributed by atoms with Gasteiger partial charge in [-0.15, -0.1) is 0 Å². The van der Waals surface area contributed by atoms with Gasteiger partial charge in [-0.2, -0.15) is 0 Å². The predicted octanol–water partition coefficient (Wildman–Crippen LogP) is 3.27. The van der Waals surface area contributed by atoms with Crippen LogP contribution in [-0.2, 0) is 0 Å². The van der Waals surface area contributed by atoms with Crippen LogP contribution in [0.1, 0.15) is 30.8 Å². The molecule has 0 radical (unpaired) electrons. The van der Waals surface area contributed by atoms with Gasteiger partial charge in [-0.1, -0.05) is 13.8 Å². The third-order valence-electron chi connectivity index (χ3n) is 1.46. The van der Waals surface area contributed by atoms with E-state index in [2.05, 4.69) is 15.9 Å². The Kier molecular flexibility index (Phi) is 3.09. The van der Waals surface area contributed by atoms with Crippen LogP contribution in [0, 0.1) is 5.92 Å². The van der Waals surface area contributed by atoms with Gasteiger partial charge in [0.1, 0.15) is 0 Å². The molecule has 0 amide bonds. The van der Waals surface area contributed by atoms with E-state index in [1.54, 1.807) is 6.07 Å². The zero-order chi connectivity index (χ0) is 9.14. The predicted molar refractivity (Wildman–Crippen MR) is 50.2 cm³/mol. The number of hydrogen-bond acceptors (Lipinski definition) is 2. The van der Waals surface area contributed by atoms with Crippen molar-refractivity contribution < 1.29 is 9.21 Å². The first-order chi connectivity index (χ1) is 5.61. The summed E-state index contributed by atoms with van der Waals surface area (Å²) in [5, 5.41) is 0. The third kappa shape index (κ3) is 2.21. The van der Waals surface area contributed by atoms with Crippen LogP contribution in [0.3, 0.4) is 0 Å². The fourth-order valence-electron chi connectivity index (χ4n) is 0.956. The van der Waals surface area contributed by atoms with E-state index in [1.807, 2.05) is 13.8 Å². The van der Waals surface area contributed by atoms with Gasteiger partial charge in [0.25, 0.3) is 0 Å². The molecule has 0 aliphatic rings. The second kappa shape index (κ2) is 3.90. The summed E-state index contributed by atoms with van der Waals surface area (Å²) in [6, 6.07) is 1.73. The second-order valence-electron chi connectivity index (χ2n) is 3.12. The van der Waals surface area contributed by atoms with Gasteiger partial charge in [0, 0.05) is 6.42 Å². The zero-order valence-electron chi connectivity index (χ0n) is 7.13. The molecule has 0 saturated carbocycles. The maximum absolute atomic E-state index is 11.4. The van der Waals surface area contributed by atoms with E-state index >= 15 is 0 Å². The van der Waals surface area contributed by atoms with Gasteiger partial charge in [-0.3, -0.25) is 4.79 Å². The maximum Gasteiger partial charge on any atom is 0.199 e. The van der Waals surface area contributed by atoms with Crippen LogP contribution in [0.5, 0.6) is 0 Å². The molecule has 0 spiro atoms. The molecule has 66 valence electrons. The van der Waals surface area contributed by atoms with E-state index in [0.29, 0.717) is 18.1 Å². The molecule has 12 heavy (non-hydrogen) atoms. The summed E-state index contributed by atoms with van der Waals surface area (Å²) in [6.07, 6.45) is 2.05. The van der Waals surface area contributed by atoms with Crippen molar-refractivity contribution in [2.24, 2.45) is 5.92 Å². The van der Waals surface area contributed by atoms with E-state index < -0.39 is 0 Å². The summed E-state index contributed by atoms with van der Waals surface area (Å²) >= 11 is 3.24. The Hall–Kier alpha value is -0.570. The van der Waals surface area contributed by atoms with E-state index in [1.165, 1.54) is 6.26 Å². The van der Waals surface area contributed by atoms with Gasteiger partial charge < -0.3 is 4.42 Å². The van der Waals surface area contributed by atoms with Crippen LogP contribution < -0.4 is 0 Å². The molecule has 0 aliphatic carbocycles. The minimum Gasteiger partial charge on any atom is -0.460 e. The second-order valence-corrected chi connectivity index (χ2v) is 3.97. The van der Waals surface area contributed by atoms with E-state index in [9.17, 15) is 4.79 Å². The maximum atomic E-state index is 11.4.